The number of carbonyl (C=O) groups excluding carboxylic acids is 2. The number of amides is 2. The van der Waals surface area contributed by atoms with Crippen LogP contribution >= 0.6 is 0 Å². The van der Waals surface area contributed by atoms with Crippen LogP contribution in [0.15, 0.2) is 42.5 Å². The van der Waals surface area contributed by atoms with E-state index in [1.165, 1.54) is 16.8 Å². The van der Waals surface area contributed by atoms with Crippen LogP contribution in [0.1, 0.15) is 42.5 Å². The molecule has 33 heavy (non-hydrogen) atoms. The Kier molecular flexibility index (Phi) is 7.30. The summed E-state index contributed by atoms with van der Waals surface area (Å²) in [5.74, 6) is -0.861. The van der Waals surface area contributed by atoms with E-state index in [9.17, 15) is 9.59 Å². The lowest BCUT2D eigenvalue weighted by molar-refractivity contribution is -0.136. The molecule has 2 aliphatic heterocycles. The van der Waals surface area contributed by atoms with E-state index in [-0.39, 0.29) is 6.04 Å². The van der Waals surface area contributed by atoms with Gasteiger partial charge in [0.2, 0.25) is 0 Å². The molecule has 2 amide bonds. The van der Waals surface area contributed by atoms with Gasteiger partial charge < -0.3 is 20.3 Å². The largest absolute Gasteiger partial charge is 0.379 e. The summed E-state index contributed by atoms with van der Waals surface area (Å²) in [6, 6.07) is 14.2. The number of carbonyl (C=O) groups is 2. The highest BCUT2D eigenvalue weighted by Crippen LogP contribution is 2.31. The molecule has 176 valence electrons. The molecule has 2 heterocycles. The fourth-order valence-electron chi connectivity index (χ4n) is 4.55. The second kappa shape index (κ2) is 10.4. The Hall–Kier alpha value is -2.90. The second-order valence-corrected chi connectivity index (χ2v) is 9.16. The molecule has 1 atom stereocenters. The Morgan fingerprint density at radius 1 is 0.970 bits per heavy atom. The molecule has 2 aliphatic rings. The lowest BCUT2D eigenvalue weighted by Gasteiger charge is -2.35. The zero-order valence-electron chi connectivity index (χ0n) is 19.8. The third-order valence-electron chi connectivity index (χ3n) is 6.60. The minimum absolute atomic E-state index is 0.00724. The summed E-state index contributed by atoms with van der Waals surface area (Å²) in [6.07, 6.45) is 1.03. The topological polar surface area (TPSA) is 73.9 Å². The summed E-state index contributed by atoms with van der Waals surface area (Å²) in [4.78, 5) is 29.7. The molecule has 4 rings (SSSR count). The van der Waals surface area contributed by atoms with Gasteiger partial charge in [-0.05, 0) is 47.2 Å². The maximum absolute atomic E-state index is 12.6. The molecule has 0 spiro atoms. The van der Waals surface area contributed by atoms with Crippen LogP contribution in [-0.4, -0.2) is 63.2 Å². The van der Waals surface area contributed by atoms with Crippen molar-refractivity contribution < 1.29 is 14.3 Å². The van der Waals surface area contributed by atoms with Gasteiger partial charge in [0.15, 0.2) is 0 Å². The third kappa shape index (κ3) is 5.54. The van der Waals surface area contributed by atoms with Crippen molar-refractivity contribution in [3.05, 3.63) is 59.2 Å². The van der Waals surface area contributed by atoms with Crippen LogP contribution in [0.4, 0.5) is 11.4 Å². The predicted molar refractivity (Wildman–Crippen MR) is 131 cm³/mol. The maximum Gasteiger partial charge on any atom is 0.313 e. The zero-order valence-corrected chi connectivity index (χ0v) is 19.8. The third-order valence-corrected chi connectivity index (χ3v) is 6.60. The highest BCUT2D eigenvalue weighted by molar-refractivity contribution is 6.39. The van der Waals surface area contributed by atoms with Crippen molar-refractivity contribution in [1.29, 1.82) is 0 Å². The summed E-state index contributed by atoms with van der Waals surface area (Å²) in [5.41, 5.74) is 5.57. The molecule has 0 aliphatic carbocycles. The van der Waals surface area contributed by atoms with Crippen LogP contribution in [0, 0.1) is 0 Å². The van der Waals surface area contributed by atoms with Crippen molar-refractivity contribution in [2.24, 2.45) is 0 Å². The first-order chi connectivity index (χ1) is 15.9. The van der Waals surface area contributed by atoms with Gasteiger partial charge in [0, 0.05) is 44.6 Å². The van der Waals surface area contributed by atoms with Crippen LogP contribution in [0.2, 0.25) is 0 Å². The molecule has 1 saturated heterocycles. The number of anilines is 2. The highest BCUT2D eigenvalue weighted by Gasteiger charge is 2.26. The van der Waals surface area contributed by atoms with E-state index >= 15 is 0 Å². The molecular formula is C26H34N4O3. The molecule has 7 heteroatoms. The number of ether oxygens (including phenoxy) is 1. The van der Waals surface area contributed by atoms with Crippen LogP contribution in [0.5, 0.6) is 0 Å². The lowest BCUT2D eigenvalue weighted by Crippen LogP contribution is -2.45. The van der Waals surface area contributed by atoms with Gasteiger partial charge in [0.05, 0.1) is 19.3 Å². The Morgan fingerprint density at radius 2 is 1.67 bits per heavy atom. The van der Waals surface area contributed by atoms with E-state index in [0.29, 0.717) is 31.4 Å². The van der Waals surface area contributed by atoms with Crippen molar-refractivity contribution >= 4 is 23.2 Å². The standard InChI is InChI=1S/C26H34N4O3/c1-18(2)19-4-7-22(8-5-19)28-26(32)25(31)27-17-24(30-12-14-33-15-13-30)20-6-9-23-21(16-20)10-11-29(23)3/h4-9,16,18,24H,10-15,17H2,1-3H3,(H,27,31)(H,28,32)/t24-/m1/s1. The molecule has 7 nitrogen and oxygen atoms in total. The number of fused-ring (bicyclic) bond motifs is 1. The predicted octanol–water partition coefficient (Wildman–Crippen LogP) is 2.93. The van der Waals surface area contributed by atoms with Gasteiger partial charge in [-0.2, -0.15) is 0 Å². The van der Waals surface area contributed by atoms with Crippen LogP contribution < -0.4 is 15.5 Å². The molecule has 2 aromatic carbocycles. The minimum Gasteiger partial charge on any atom is -0.379 e. The minimum atomic E-state index is -0.649. The SMILES string of the molecule is CC(C)c1ccc(NC(=O)C(=O)NC[C@H](c2ccc3c(c2)CCN3C)N2CCOCC2)cc1. The van der Waals surface area contributed by atoms with E-state index in [0.717, 1.165) is 31.6 Å². The fourth-order valence-corrected chi connectivity index (χ4v) is 4.55. The monoisotopic (exact) mass is 450 g/mol. The van der Waals surface area contributed by atoms with Crippen molar-refractivity contribution in [2.45, 2.75) is 32.2 Å². The number of hydrogen-bond acceptors (Lipinski definition) is 5. The molecule has 0 radical (unpaired) electrons. The molecule has 0 bridgehead atoms. The molecule has 0 aromatic heterocycles. The summed E-state index contributed by atoms with van der Waals surface area (Å²) < 4.78 is 5.53. The number of morpholine rings is 1. The number of hydrogen-bond donors (Lipinski definition) is 2. The Bertz CT molecular complexity index is 984. The maximum atomic E-state index is 12.6. The quantitative estimate of drug-likeness (QED) is 0.662. The van der Waals surface area contributed by atoms with Crippen molar-refractivity contribution in [3.8, 4) is 0 Å². The van der Waals surface area contributed by atoms with Gasteiger partial charge in [-0.25, -0.2) is 0 Å². The summed E-state index contributed by atoms with van der Waals surface area (Å²) in [5, 5.41) is 5.56. The number of likely N-dealkylation sites (N-methyl/N-ethyl adjacent to an activating group) is 1. The average Bonchev–Trinajstić information content (AvgIpc) is 3.20. The van der Waals surface area contributed by atoms with E-state index < -0.39 is 11.8 Å². The summed E-state index contributed by atoms with van der Waals surface area (Å²) in [7, 11) is 2.11. The molecular weight excluding hydrogens is 416 g/mol. The fraction of sp³-hybridized carbons (Fsp3) is 0.462. The summed E-state index contributed by atoms with van der Waals surface area (Å²) >= 11 is 0. The Balaban J connectivity index is 1.42. The average molecular weight is 451 g/mol. The van der Waals surface area contributed by atoms with Gasteiger partial charge >= 0.3 is 11.8 Å². The van der Waals surface area contributed by atoms with Crippen LogP contribution in [-0.2, 0) is 20.7 Å². The molecule has 0 saturated carbocycles. The summed E-state index contributed by atoms with van der Waals surface area (Å²) in [6.45, 7) is 8.56. The van der Waals surface area contributed by atoms with Crippen LogP contribution in [0.25, 0.3) is 0 Å². The zero-order chi connectivity index (χ0) is 23.4. The van der Waals surface area contributed by atoms with E-state index in [4.69, 9.17) is 4.74 Å². The van der Waals surface area contributed by atoms with E-state index in [2.05, 4.69) is 59.5 Å². The molecule has 2 aromatic rings. The highest BCUT2D eigenvalue weighted by atomic mass is 16.5. The van der Waals surface area contributed by atoms with E-state index in [1.54, 1.807) is 0 Å². The first-order valence-corrected chi connectivity index (χ1v) is 11.8. The molecule has 1 fully saturated rings. The number of nitrogens with one attached hydrogen (secondary N) is 2. The van der Waals surface area contributed by atoms with Gasteiger partial charge in [-0.1, -0.05) is 38.1 Å². The van der Waals surface area contributed by atoms with Gasteiger partial charge in [0.1, 0.15) is 0 Å². The van der Waals surface area contributed by atoms with Gasteiger partial charge in [0.25, 0.3) is 0 Å². The van der Waals surface area contributed by atoms with Crippen molar-refractivity contribution in [1.82, 2.24) is 10.2 Å². The van der Waals surface area contributed by atoms with Crippen molar-refractivity contribution in [3.63, 3.8) is 0 Å². The number of nitrogens with zero attached hydrogens (tertiary/aromatic N) is 2. The lowest BCUT2D eigenvalue weighted by atomic mass is 10.0. The smallest absolute Gasteiger partial charge is 0.313 e. The first-order valence-electron chi connectivity index (χ1n) is 11.8. The second-order valence-electron chi connectivity index (χ2n) is 9.16. The molecule has 0 unspecified atom stereocenters. The van der Waals surface area contributed by atoms with E-state index in [1.807, 2.05) is 24.3 Å². The molecule has 2 N–H and O–H groups in total. The van der Waals surface area contributed by atoms with Gasteiger partial charge in [-0.15, -0.1) is 0 Å². The Labute approximate surface area is 196 Å². The van der Waals surface area contributed by atoms with Gasteiger partial charge in [-0.3, -0.25) is 14.5 Å². The van der Waals surface area contributed by atoms with Crippen LogP contribution in [0.3, 0.4) is 0 Å². The van der Waals surface area contributed by atoms with Crippen molar-refractivity contribution in [2.75, 3.05) is 56.7 Å². The normalized spacial score (nSPS) is 17.0. The number of benzene rings is 2. The first kappa shape index (κ1) is 23.3. The number of rotatable bonds is 6. The Morgan fingerprint density at radius 3 is 2.36 bits per heavy atom.